The molecule has 0 aliphatic carbocycles. The number of aryl methyl sites for hydroxylation is 1. The molecule has 2 atom stereocenters. The van der Waals surface area contributed by atoms with Gasteiger partial charge < -0.3 is 10.6 Å². The summed E-state index contributed by atoms with van der Waals surface area (Å²) in [5.74, 6) is 1.22. The van der Waals surface area contributed by atoms with E-state index in [2.05, 4.69) is 22.5 Å². The minimum absolute atomic E-state index is 0.0702. The number of thiazole rings is 1. The largest absolute Gasteiger partial charge is 0.343 e. The maximum absolute atomic E-state index is 12.4. The Morgan fingerprint density at radius 1 is 1.58 bits per heavy atom. The lowest BCUT2D eigenvalue weighted by Crippen LogP contribution is -2.41. The number of nitrogens with one attached hydrogen (secondary N) is 2. The highest BCUT2D eigenvalue weighted by Gasteiger charge is 2.26. The Morgan fingerprint density at radius 2 is 2.42 bits per heavy atom. The lowest BCUT2D eigenvalue weighted by Gasteiger charge is -2.25. The summed E-state index contributed by atoms with van der Waals surface area (Å²) in [6, 6.07) is -0.273. The highest BCUT2D eigenvalue weighted by atomic mass is 32.2. The van der Waals surface area contributed by atoms with Crippen LogP contribution >= 0.6 is 23.1 Å². The second kappa shape index (κ2) is 7.26. The number of carbonyl (C=O) groups excluding carboxylic acids is 1. The minimum Gasteiger partial charge on any atom is -0.343 e. The summed E-state index contributed by atoms with van der Waals surface area (Å²) in [6.07, 6.45) is 4.42. The summed E-state index contributed by atoms with van der Waals surface area (Å²) >= 11 is 3.41. The maximum Gasteiger partial charge on any atom is 0.243 e. The second-order valence-electron chi connectivity index (χ2n) is 4.60. The minimum atomic E-state index is -0.273. The van der Waals surface area contributed by atoms with Crippen molar-refractivity contribution in [2.45, 2.75) is 44.0 Å². The van der Waals surface area contributed by atoms with Gasteiger partial charge in [0.2, 0.25) is 5.91 Å². The summed E-state index contributed by atoms with van der Waals surface area (Å²) in [6.45, 7) is 2.07. The molecule has 1 aliphatic heterocycles. The van der Waals surface area contributed by atoms with Crippen LogP contribution in [0.25, 0.3) is 0 Å². The number of hydrogen-bond donors (Lipinski definition) is 2. The smallest absolute Gasteiger partial charge is 0.243 e. The molecule has 1 fully saturated rings. The molecule has 2 rings (SSSR count). The van der Waals surface area contributed by atoms with Crippen molar-refractivity contribution in [3.8, 4) is 0 Å². The summed E-state index contributed by atoms with van der Waals surface area (Å²) in [7, 11) is 1.83. The molecule has 0 saturated carbocycles. The van der Waals surface area contributed by atoms with Gasteiger partial charge in [-0.05, 0) is 38.5 Å². The third-order valence-corrected chi connectivity index (χ3v) is 5.52. The first kappa shape index (κ1) is 14.8. The van der Waals surface area contributed by atoms with E-state index in [-0.39, 0.29) is 17.3 Å². The zero-order valence-corrected chi connectivity index (χ0v) is 13.1. The van der Waals surface area contributed by atoms with Crippen molar-refractivity contribution in [3.05, 3.63) is 16.1 Å². The fourth-order valence-corrected chi connectivity index (χ4v) is 4.43. The van der Waals surface area contributed by atoms with Crippen LogP contribution in [0.1, 0.15) is 42.8 Å². The topological polar surface area (TPSA) is 54.0 Å². The molecular formula is C13H21N3OS2. The molecule has 19 heavy (non-hydrogen) atoms. The van der Waals surface area contributed by atoms with E-state index < -0.39 is 0 Å². The zero-order valence-electron chi connectivity index (χ0n) is 11.4. The van der Waals surface area contributed by atoms with Gasteiger partial charge in [0, 0.05) is 0 Å². The van der Waals surface area contributed by atoms with Crippen molar-refractivity contribution < 1.29 is 4.79 Å². The predicted octanol–water partition coefficient (Wildman–Crippen LogP) is 2.33. The van der Waals surface area contributed by atoms with Crippen molar-refractivity contribution >= 4 is 29.0 Å². The van der Waals surface area contributed by atoms with Crippen LogP contribution in [0.15, 0.2) is 5.51 Å². The average Bonchev–Trinajstić information content (AvgIpc) is 2.89. The van der Waals surface area contributed by atoms with Crippen LogP contribution in [0.4, 0.5) is 0 Å². The first-order chi connectivity index (χ1) is 9.26. The number of carbonyl (C=O) groups is 1. The van der Waals surface area contributed by atoms with E-state index in [1.54, 1.807) is 11.3 Å². The molecule has 1 aromatic rings. The van der Waals surface area contributed by atoms with Crippen LogP contribution in [0, 0.1) is 0 Å². The Labute approximate surface area is 122 Å². The molecule has 1 aromatic heterocycles. The second-order valence-corrected chi connectivity index (χ2v) is 6.80. The van der Waals surface area contributed by atoms with E-state index >= 15 is 0 Å². The van der Waals surface area contributed by atoms with Crippen molar-refractivity contribution in [1.82, 2.24) is 15.6 Å². The first-order valence-electron chi connectivity index (χ1n) is 6.77. The number of hydrogen-bond acceptors (Lipinski definition) is 5. The highest BCUT2D eigenvalue weighted by Crippen LogP contribution is 2.26. The number of likely N-dealkylation sites (N-methyl/N-ethyl adjacent to an activating group) is 1. The van der Waals surface area contributed by atoms with Gasteiger partial charge in [0.1, 0.15) is 6.04 Å². The quantitative estimate of drug-likeness (QED) is 0.876. The third-order valence-electron chi connectivity index (χ3n) is 3.30. The Morgan fingerprint density at radius 3 is 3.05 bits per heavy atom. The predicted molar refractivity (Wildman–Crippen MR) is 81.5 cm³/mol. The average molecular weight is 299 g/mol. The lowest BCUT2D eigenvalue weighted by molar-refractivity contribution is -0.123. The van der Waals surface area contributed by atoms with Crippen LogP contribution in [0.5, 0.6) is 0 Å². The van der Waals surface area contributed by atoms with Gasteiger partial charge >= 0.3 is 0 Å². The van der Waals surface area contributed by atoms with Crippen molar-refractivity contribution in [2.75, 3.05) is 12.8 Å². The van der Waals surface area contributed by atoms with Gasteiger partial charge in [-0.15, -0.1) is 23.1 Å². The fourth-order valence-electron chi connectivity index (χ4n) is 2.26. The van der Waals surface area contributed by atoms with Crippen molar-refractivity contribution in [2.24, 2.45) is 0 Å². The molecule has 2 unspecified atom stereocenters. The number of aromatic nitrogens is 1. The molecule has 2 N–H and O–H groups in total. The first-order valence-corrected chi connectivity index (χ1v) is 8.70. The van der Waals surface area contributed by atoms with Gasteiger partial charge in [0.15, 0.2) is 0 Å². The van der Waals surface area contributed by atoms with E-state index in [1.807, 2.05) is 24.3 Å². The number of rotatable bonds is 5. The SMILES string of the molecule is CCc1ncsc1C(NC)C(=O)NC1CCCCS1. The molecule has 4 nitrogen and oxygen atoms in total. The Hall–Kier alpha value is -0.590. The third kappa shape index (κ3) is 3.70. The molecular weight excluding hydrogens is 278 g/mol. The molecule has 1 aliphatic rings. The molecule has 106 valence electrons. The molecule has 1 saturated heterocycles. The highest BCUT2D eigenvalue weighted by molar-refractivity contribution is 7.99. The van der Waals surface area contributed by atoms with E-state index in [9.17, 15) is 4.79 Å². The maximum atomic E-state index is 12.4. The van der Waals surface area contributed by atoms with Gasteiger partial charge in [-0.3, -0.25) is 4.79 Å². The molecule has 0 spiro atoms. The van der Waals surface area contributed by atoms with E-state index in [0.29, 0.717) is 0 Å². The monoisotopic (exact) mass is 299 g/mol. The lowest BCUT2D eigenvalue weighted by atomic mass is 10.1. The standard InChI is InChI=1S/C13H21N3OS2/c1-3-9-12(19-8-15-9)11(14-2)13(17)16-10-6-4-5-7-18-10/h8,10-11,14H,3-7H2,1-2H3,(H,16,17). The van der Waals surface area contributed by atoms with Crippen molar-refractivity contribution in [1.29, 1.82) is 0 Å². The Balaban J connectivity index is 2.02. The number of thioether (sulfide) groups is 1. The normalized spacial score (nSPS) is 21.1. The summed E-state index contributed by atoms with van der Waals surface area (Å²) in [5.41, 5.74) is 2.84. The van der Waals surface area contributed by atoms with E-state index in [0.717, 1.165) is 29.2 Å². The van der Waals surface area contributed by atoms with Crippen LogP contribution in [0.3, 0.4) is 0 Å². The Bertz CT molecular complexity index is 416. The van der Waals surface area contributed by atoms with Gasteiger partial charge in [-0.2, -0.15) is 0 Å². The number of nitrogens with zero attached hydrogens (tertiary/aromatic N) is 1. The van der Waals surface area contributed by atoms with E-state index in [4.69, 9.17) is 0 Å². The Kier molecular flexibility index (Phi) is 5.66. The number of amides is 1. The van der Waals surface area contributed by atoms with Crippen LogP contribution in [-0.2, 0) is 11.2 Å². The summed E-state index contributed by atoms with van der Waals surface area (Å²) < 4.78 is 0. The fraction of sp³-hybridized carbons (Fsp3) is 0.692. The summed E-state index contributed by atoms with van der Waals surface area (Å²) in [4.78, 5) is 17.8. The molecule has 1 amide bonds. The van der Waals surface area contributed by atoms with Gasteiger partial charge in [0.05, 0.1) is 21.5 Å². The van der Waals surface area contributed by atoms with Crippen molar-refractivity contribution in [3.63, 3.8) is 0 Å². The summed E-state index contributed by atoms with van der Waals surface area (Å²) in [5, 5.41) is 6.54. The van der Waals surface area contributed by atoms with E-state index in [1.165, 1.54) is 12.8 Å². The molecule has 2 heterocycles. The molecule has 6 heteroatoms. The molecule has 0 bridgehead atoms. The molecule has 0 radical (unpaired) electrons. The van der Waals surface area contributed by atoms with Gasteiger partial charge in [0.25, 0.3) is 0 Å². The van der Waals surface area contributed by atoms with Gasteiger partial charge in [-0.1, -0.05) is 6.92 Å². The van der Waals surface area contributed by atoms with Gasteiger partial charge in [-0.25, -0.2) is 4.98 Å². The van der Waals surface area contributed by atoms with Crippen LogP contribution in [-0.4, -0.2) is 29.1 Å². The molecule has 0 aromatic carbocycles. The van der Waals surface area contributed by atoms with Crippen LogP contribution in [0.2, 0.25) is 0 Å². The van der Waals surface area contributed by atoms with Crippen LogP contribution < -0.4 is 10.6 Å². The zero-order chi connectivity index (χ0) is 13.7.